The quantitative estimate of drug-likeness (QED) is 0.357. The van der Waals surface area contributed by atoms with Gasteiger partial charge in [-0.2, -0.15) is 0 Å². The molecule has 0 fully saturated rings. The lowest BCUT2D eigenvalue weighted by Crippen LogP contribution is -2.41. The number of alkyl halides is 1. The number of aliphatic hydroxyl groups is 1. The molecule has 0 radical (unpaired) electrons. The van der Waals surface area contributed by atoms with E-state index in [1.807, 2.05) is 86.7 Å². The van der Waals surface area contributed by atoms with Crippen molar-refractivity contribution in [3.05, 3.63) is 107 Å². The van der Waals surface area contributed by atoms with Gasteiger partial charge >= 0.3 is 0 Å². The zero-order valence-electron chi connectivity index (χ0n) is 17.8. The summed E-state index contributed by atoms with van der Waals surface area (Å²) in [5.74, 6) is 1.51. The molecule has 0 saturated heterocycles. The van der Waals surface area contributed by atoms with E-state index < -0.39 is 17.1 Å². The molecule has 1 aliphatic heterocycles. The van der Waals surface area contributed by atoms with E-state index in [4.69, 9.17) is 21.1 Å². The molecular formula is C27H27ClO3. The molecule has 160 valence electrons. The second-order valence-corrected chi connectivity index (χ2v) is 8.99. The molecule has 4 heteroatoms. The van der Waals surface area contributed by atoms with Crippen LogP contribution in [-0.2, 0) is 13.0 Å². The molecule has 3 unspecified atom stereocenters. The van der Waals surface area contributed by atoms with Gasteiger partial charge in [-0.05, 0) is 54.7 Å². The SMILES string of the molecule is C=CCc1cccc2c1OC(c1ccc(OCc3ccccc3)c(C)c1)C(C)(Cl)C2O. The van der Waals surface area contributed by atoms with Crippen LogP contribution in [0, 0.1) is 6.92 Å². The lowest BCUT2D eigenvalue weighted by molar-refractivity contribution is 0.0245. The third-order valence-electron chi connectivity index (χ3n) is 5.81. The summed E-state index contributed by atoms with van der Waals surface area (Å²) in [7, 11) is 0. The van der Waals surface area contributed by atoms with Crippen molar-refractivity contribution in [3.63, 3.8) is 0 Å². The largest absolute Gasteiger partial charge is 0.489 e. The Morgan fingerprint density at radius 3 is 2.61 bits per heavy atom. The van der Waals surface area contributed by atoms with Crippen LogP contribution in [0.5, 0.6) is 11.5 Å². The molecule has 3 nitrogen and oxygen atoms in total. The molecular weight excluding hydrogens is 408 g/mol. The van der Waals surface area contributed by atoms with Crippen molar-refractivity contribution in [2.75, 3.05) is 0 Å². The highest BCUT2D eigenvalue weighted by Crippen LogP contribution is 2.52. The van der Waals surface area contributed by atoms with Crippen LogP contribution in [0.1, 0.15) is 46.9 Å². The molecule has 1 aliphatic rings. The fraction of sp³-hybridized carbons (Fsp3) is 0.259. The smallest absolute Gasteiger partial charge is 0.145 e. The number of benzene rings is 3. The van der Waals surface area contributed by atoms with E-state index in [1.54, 1.807) is 0 Å². The van der Waals surface area contributed by atoms with Gasteiger partial charge in [-0.1, -0.05) is 60.7 Å². The van der Waals surface area contributed by atoms with Crippen molar-refractivity contribution >= 4 is 11.6 Å². The number of fused-ring (bicyclic) bond motifs is 1. The maximum atomic E-state index is 11.1. The molecule has 0 bridgehead atoms. The van der Waals surface area contributed by atoms with Gasteiger partial charge in [0.2, 0.25) is 0 Å². The molecule has 0 aromatic heterocycles. The fourth-order valence-electron chi connectivity index (χ4n) is 4.09. The Morgan fingerprint density at radius 2 is 1.90 bits per heavy atom. The monoisotopic (exact) mass is 434 g/mol. The van der Waals surface area contributed by atoms with E-state index in [1.165, 1.54) is 0 Å². The summed E-state index contributed by atoms with van der Waals surface area (Å²) in [6.45, 7) is 8.16. The molecule has 1 N–H and O–H groups in total. The van der Waals surface area contributed by atoms with Gasteiger partial charge < -0.3 is 14.6 Å². The van der Waals surface area contributed by atoms with Crippen LogP contribution < -0.4 is 9.47 Å². The van der Waals surface area contributed by atoms with Crippen molar-refractivity contribution in [1.82, 2.24) is 0 Å². The number of ether oxygens (including phenoxy) is 2. The minimum Gasteiger partial charge on any atom is -0.489 e. The number of para-hydroxylation sites is 1. The molecule has 1 heterocycles. The second kappa shape index (κ2) is 8.78. The Labute approximate surface area is 188 Å². The zero-order chi connectivity index (χ0) is 22.0. The first kappa shape index (κ1) is 21.5. The molecule has 3 aromatic rings. The minimum absolute atomic E-state index is 0.505. The number of hydrogen-bond acceptors (Lipinski definition) is 3. The number of halogens is 1. The second-order valence-electron chi connectivity index (χ2n) is 8.18. The maximum Gasteiger partial charge on any atom is 0.145 e. The molecule has 31 heavy (non-hydrogen) atoms. The van der Waals surface area contributed by atoms with Crippen LogP contribution >= 0.6 is 11.6 Å². The average Bonchev–Trinajstić information content (AvgIpc) is 2.77. The van der Waals surface area contributed by atoms with Crippen LogP contribution in [0.3, 0.4) is 0 Å². The van der Waals surface area contributed by atoms with Crippen LogP contribution in [-0.4, -0.2) is 9.98 Å². The molecule has 0 aliphatic carbocycles. The highest BCUT2D eigenvalue weighted by atomic mass is 35.5. The summed E-state index contributed by atoms with van der Waals surface area (Å²) < 4.78 is 12.4. The Kier molecular flexibility index (Phi) is 6.08. The van der Waals surface area contributed by atoms with E-state index in [-0.39, 0.29) is 0 Å². The topological polar surface area (TPSA) is 38.7 Å². The molecule has 3 atom stereocenters. The minimum atomic E-state index is -1.02. The molecule has 3 aromatic carbocycles. The first-order chi connectivity index (χ1) is 14.9. The number of hydrogen-bond donors (Lipinski definition) is 1. The van der Waals surface area contributed by atoms with E-state index in [0.717, 1.165) is 28.0 Å². The van der Waals surface area contributed by atoms with Crippen LogP contribution in [0.2, 0.25) is 0 Å². The van der Waals surface area contributed by atoms with Crippen molar-refractivity contribution < 1.29 is 14.6 Å². The van der Waals surface area contributed by atoms with Gasteiger partial charge in [0, 0.05) is 5.56 Å². The number of aryl methyl sites for hydroxylation is 1. The number of rotatable bonds is 6. The standard InChI is InChI=1S/C27H27ClO3/c1-4-9-20-12-8-13-22-24(20)31-26(27(3,28)25(22)29)21-14-15-23(18(2)16-21)30-17-19-10-6-5-7-11-19/h4-8,10-16,25-26,29H,1,9,17H2,2-3H3. The summed E-state index contributed by atoms with van der Waals surface area (Å²) in [5, 5.41) is 11.1. The summed E-state index contributed by atoms with van der Waals surface area (Å²) in [4.78, 5) is -1.02. The highest BCUT2D eigenvalue weighted by Gasteiger charge is 2.47. The van der Waals surface area contributed by atoms with Gasteiger partial charge in [0.15, 0.2) is 0 Å². The fourth-order valence-corrected chi connectivity index (χ4v) is 4.38. The summed E-state index contributed by atoms with van der Waals surface area (Å²) >= 11 is 6.89. The maximum absolute atomic E-state index is 11.1. The van der Waals surface area contributed by atoms with Crippen molar-refractivity contribution in [1.29, 1.82) is 0 Å². The molecule has 0 amide bonds. The van der Waals surface area contributed by atoms with Gasteiger partial charge in [0.05, 0.1) is 0 Å². The van der Waals surface area contributed by atoms with Crippen LogP contribution in [0.25, 0.3) is 0 Å². The van der Waals surface area contributed by atoms with Gasteiger partial charge in [0.1, 0.15) is 35.2 Å². The zero-order valence-corrected chi connectivity index (χ0v) is 18.6. The molecule has 0 spiro atoms. The van der Waals surface area contributed by atoms with Gasteiger partial charge in [0.25, 0.3) is 0 Å². The van der Waals surface area contributed by atoms with E-state index in [0.29, 0.717) is 24.3 Å². The summed E-state index contributed by atoms with van der Waals surface area (Å²) in [6.07, 6.45) is 1.12. The van der Waals surface area contributed by atoms with Crippen LogP contribution in [0.15, 0.2) is 79.4 Å². The van der Waals surface area contributed by atoms with Gasteiger partial charge in [-0.15, -0.1) is 18.2 Å². The normalized spacial score (nSPS) is 22.3. The summed E-state index contributed by atoms with van der Waals surface area (Å²) in [6, 6.07) is 21.8. The van der Waals surface area contributed by atoms with E-state index >= 15 is 0 Å². The van der Waals surface area contributed by atoms with Gasteiger partial charge in [-0.25, -0.2) is 0 Å². The Balaban J connectivity index is 1.62. The number of allylic oxidation sites excluding steroid dienone is 1. The first-order valence-electron chi connectivity index (χ1n) is 10.5. The van der Waals surface area contributed by atoms with Crippen molar-refractivity contribution in [2.45, 2.75) is 44.0 Å². The van der Waals surface area contributed by atoms with Crippen LogP contribution in [0.4, 0.5) is 0 Å². The third-order valence-corrected chi connectivity index (χ3v) is 6.21. The van der Waals surface area contributed by atoms with E-state index in [2.05, 4.69) is 6.58 Å². The van der Waals surface area contributed by atoms with Gasteiger partial charge in [-0.3, -0.25) is 0 Å². The Bertz CT molecular complexity index is 1080. The average molecular weight is 435 g/mol. The van der Waals surface area contributed by atoms with Crippen molar-refractivity contribution in [2.24, 2.45) is 0 Å². The predicted molar refractivity (Wildman–Crippen MR) is 125 cm³/mol. The number of aliphatic hydroxyl groups excluding tert-OH is 1. The summed E-state index contributed by atoms with van der Waals surface area (Å²) in [5.41, 5.74) is 4.71. The molecule has 4 rings (SSSR count). The lowest BCUT2D eigenvalue weighted by Gasteiger charge is -2.42. The highest BCUT2D eigenvalue weighted by molar-refractivity contribution is 6.24. The Hall–Kier alpha value is -2.75. The van der Waals surface area contributed by atoms with Crippen molar-refractivity contribution in [3.8, 4) is 11.5 Å². The molecule has 0 saturated carbocycles. The predicted octanol–water partition coefficient (Wildman–Crippen LogP) is 6.47. The lowest BCUT2D eigenvalue weighted by atomic mass is 9.83. The third kappa shape index (κ3) is 4.21. The van der Waals surface area contributed by atoms with E-state index in [9.17, 15) is 5.11 Å². The Morgan fingerprint density at radius 1 is 1.13 bits per heavy atom. The first-order valence-corrected chi connectivity index (χ1v) is 10.8.